The van der Waals surface area contributed by atoms with Crippen molar-refractivity contribution in [3.05, 3.63) is 30.3 Å². The molecule has 3 fully saturated rings. The zero-order valence-electron chi connectivity index (χ0n) is 30.0. The molecule has 0 bridgehead atoms. The van der Waals surface area contributed by atoms with Crippen molar-refractivity contribution in [1.29, 1.82) is 0 Å². The van der Waals surface area contributed by atoms with E-state index in [-0.39, 0.29) is 25.6 Å². The summed E-state index contributed by atoms with van der Waals surface area (Å²) in [6.07, 6.45) is -19.7. The molecule has 3 aliphatic rings. The Morgan fingerprint density at radius 3 is 1.70 bits per heavy atom. The summed E-state index contributed by atoms with van der Waals surface area (Å²) < 4.78 is 33.6. The minimum absolute atomic E-state index is 0.0286. The van der Waals surface area contributed by atoms with Gasteiger partial charge in [-0.3, -0.25) is 0 Å². The zero-order chi connectivity index (χ0) is 38.3. The molecule has 0 aliphatic carbocycles. The highest BCUT2D eigenvalue weighted by atomic mass is 32.2. The summed E-state index contributed by atoms with van der Waals surface area (Å²) >= 11 is 1.92. The van der Waals surface area contributed by atoms with E-state index >= 15 is 0 Å². The average Bonchev–Trinajstić information content (AvgIpc) is 3.17. The fourth-order valence-electron chi connectivity index (χ4n) is 6.67. The largest absolute Gasteiger partial charge is 0.394 e. The molecule has 0 amide bonds. The highest BCUT2D eigenvalue weighted by molar-refractivity contribution is 7.99. The quantitative estimate of drug-likeness (QED) is 0.0392. The lowest BCUT2D eigenvalue weighted by Crippen LogP contribution is -2.66. The van der Waals surface area contributed by atoms with E-state index in [1.54, 1.807) is 5.19 Å². The first-order valence-corrected chi connectivity index (χ1v) is 23.6. The molecule has 19 heteroatoms. The highest BCUT2D eigenvalue weighted by Crippen LogP contribution is 2.32. The molecule has 4 rings (SSSR count). The fraction of sp³-hybridized carbons (Fsp3) is 0.824. The Bertz CT molecular complexity index is 1130. The van der Waals surface area contributed by atoms with Gasteiger partial charge < -0.3 is 79.5 Å². The van der Waals surface area contributed by atoms with Crippen molar-refractivity contribution in [2.75, 3.05) is 37.9 Å². The Hall–Kier alpha value is -0.636. The monoisotopic (exact) mass is 812 g/mol. The lowest BCUT2D eigenvalue weighted by Gasteiger charge is -2.48. The summed E-state index contributed by atoms with van der Waals surface area (Å²) in [6, 6.07) is 15.1. The SMILES string of the molecule is OCC1O[C@H](O[C@H]2C(CO)O[C@@H](O[C@H]3C(O)C(O)[C@H](OCCCCSCCC[SiH2]CCC[SiH2]c4ccccc4)O[C@H]3CO)C(O)[C@H]2O)C(O)[C@@H](O)[C@H]1O. The first kappa shape index (κ1) is 45.1. The number of ether oxygens (including phenoxy) is 6. The fourth-order valence-corrected chi connectivity index (χ4v) is 12.0. The van der Waals surface area contributed by atoms with Crippen LogP contribution >= 0.6 is 11.8 Å². The number of hydrogen-bond donors (Lipinski definition) is 10. The van der Waals surface area contributed by atoms with Crippen LogP contribution in [0.2, 0.25) is 18.1 Å². The topological polar surface area (TPSA) is 258 Å². The normalized spacial score (nSPS) is 38.3. The van der Waals surface area contributed by atoms with Gasteiger partial charge in [-0.25, -0.2) is 0 Å². The summed E-state index contributed by atoms with van der Waals surface area (Å²) in [4.78, 5) is 0. The van der Waals surface area contributed by atoms with Gasteiger partial charge in [0.1, 0.15) is 73.2 Å². The van der Waals surface area contributed by atoms with Crippen LogP contribution in [0.4, 0.5) is 0 Å². The van der Waals surface area contributed by atoms with Crippen molar-refractivity contribution >= 4 is 36.0 Å². The van der Waals surface area contributed by atoms with Crippen molar-refractivity contribution in [1.82, 2.24) is 0 Å². The maximum Gasteiger partial charge on any atom is 0.187 e. The van der Waals surface area contributed by atoms with E-state index in [0.717, 1.165) is 17.9 Å². The average molecular weight is 813 g/mol. The molecule has 15 atom stereocenters. The molecule has 3 saturated heterocycles. The Morgan fingerprint density at radius 1 is 0.547 bits per heavy atom. The number of unbranched alkanes of at least 4 members (excludes halogenated alkanes) is 1. The van der Waals surface area contributed by atoms with Gasteiger partial charge >= 0.3 is 0 Å². The summed E-state index contributed by atoms with van der Waals surface area (Å²) in [5.41, 5.74) is 0. The molecule has 3 aliphatic heterocycles. The third-order valence-corrected chi connectivity index (χ3v) is 14.9. The van der Waals surface area contributed by atoms with Crippen molar-refractivity contribution in [3.63, 3.8) is 0 Å². The molecular weight excluding hydrogens is 753 g/mol. The number of hydrogen-bond acceptors (Lipinski definition) is 17. The minimum Gasteiger partial charge on any atom is -0.394 e. The van der Waals surface area contributed by atoms with E-state index in [1.807, 2.05) is 11.8 Å². The summed E-state index contributed by atoms with van der Waals surface area (Å²) in [7, 11) is -0.0783. The number of thioether (sulfide) groups is 1. The number of rotatable bonds is 22. The van der Waals surface area contributed by atoms with E-state index in [0.29, 0.717) is 6.42 Å². The Morgan fingerprint density at radius 2 is 1.08 bits per heavy atom. The smallest absolute Gasteiger partial charge is 0.187 e. The molecule has 3 heterocycles. The van der Waals surface area contributed by atoms with Crippen molar-refractivity contribution in [2.45, 2.75) is 136 Å². The van der Waals surface area contributed by atoms with Gasteiger partial charge in [-0.1, -0.05) is 60.1 Å². The van der Waals surface area contributed by atoms with Gasteiger partial charge in [0.05, 0.1) is 29.3 Å². The van der Waals surface area contributed by atoms with Gasteiger partial charge in [-0.2, -0.15) is 11.8 Å². The van der Waals surface area contributed by atoms with Gasteiger partial charge in [0, 0.05) is 16.1 Å². The second-order valence-corrected chi connectivity index (χ2v) is 19.2. The first-order chi connectivity index (χ1) is 25.6. The third-order valence-electron chi connectivity index (χ3n) is 9.88. The van der Waals surface area contributed by atoms with Crippen molar-refractivity contribution < 1.29 is 79.5 Å². The molecule has 53 heavy (non-hydrogen) atoms. The standard InChI is InChI=1S/C34H60O16SSi2/c35-16-20-23(38)24(39)27(42)33(46-20)49-31-22(18-37)48-34(29(44)26(31)41)50-30-21(17-36)47-32(28(43)25(30)40)45-10-4-5-11-51-12-6-13-52-14-7-15-53-19-8-2-1-3-9-19/h1-3,8-9,20-44H,4-7,10-18,52-53H2/t20?,21-,22?,23-,24-,25?,26+,27?,28?,29?,30+,31-,32+,33+,34-/m0/s1. The molecule has 306 valence electrons. The van der Waals surface area contributed by atoms with Crippen LogP contribution in [0.25, 0.3) is 0 Å². The van der Waals surface area contributed by atoms with Crippen LogP contribution in [0.1, 0.15) is 25.7 Å². The highest BCUT2D eigenvalue weighted by Gasteiger charge is 2.53. The molecule has 0 aromatic heterocycles. The van der Waals surface area contributed by atoms with Gasteiger partial charge in [-0.05, 0) is 30.8 Å². The van der Waals surface area contributed by atoms with Crippen molar-refractivity contribution in [3.8, 4) is 0 Å². The molecule has 1 aromatic carbocycles. The lowest BCUT2D eigenvalue weighted by atomic mass is 9.96. The zero-order valence-corrected chi connectivity index (χ0v) is 33.6. The molecule has 0 spiro atoms. The molecule has 0 radical (unpaired) electrons. The van der Waals surface area contributed by atoms with Crippen LogP contribution in [0.3, 0.4) is 0 Å². The minimum atomic E-state index is -1.89. The number of aliphatic hydroxyl groups excluding tert-OH is 10. The first-order valence-electron chi connectivity index (χ1n) is 18.7. The summed E-state index contributed by atoms with van der Waals surface area (Å²) in [5, 5.41) is 105. The van der Waals surface area contributed by atoms with Crippen LogP contribution < -0.4 is 5.19 Å². The molecule has 16 nitrogen and oxygen atoms in total. The number of aliphatic hydroxyl groups is 10. The lowest BCUT2D eigenvalue weighted by molar-refractivity contribution is -0.379. The molecule has 6 unspecified atom stereocenters. The van der Waals surface area contributed by atoms with Crippen LogP contribution in [-0.2, 0) is 28.4 Å². The van der Waals surface area contributed by atoms with Gasteiger partial charge in [-0.15, -0.1) is 0 Å². The van der Waals surface area contributed by atoms with Crippen molar-refractivity contribution in [2.24, 2.45) is 0 Å². The maximum atomic E-state index is 10.9. The van der Waals surface area contributed by atoms with Crippen LogP contribution in [0.5, 0.6) is 0 Å². The Labute approximate surface area is 319 Å². The predicted octanol–water partition coefficient (Wildman–Crippen LogP) is -4.34. The van der Waals surface area contributed by atoms with Gasteiger partial charge in [0.15, 0.2) is 18.9 Å². The van der Waals surface area contributed by atoms with E-state index in [2.05, 4.69) is 30.3 Å². The third kappa shape index (κ3) is 12.9. The second-order valence-electron chi connectivity index (χ2n) is 13.9. The van der Waals surface area contributed by atoms with Gasteiger partial charge in [0.2, 0.25) is 0 Å². The van der Waals surface area contributed by atoms with Gasteiger partial charge in [0.25, 0.3) is 0 Å². The predicted molar refractivity (Wildman–Crippen MR) is 198 cm³/mol. The molecule has 0 saturated carbocycles. The van der Waals surface area contributed by atoms with E-state index < -0.39 is 112 Å². The maximum absolute atomic E-state index is 10.9. The van der Waals surface area contributed by atoms with Crippen LogP contribution in [-0.4, -0.2) is 200 Å². The van der Waals surface area contributed by atoms with Crippen LogP contribution in [0, 0.1) is 0 Å². The van der Waals surface area contributed by atoms with E-state index in [1.165, 1.54) is 31.0 Å². The Kier molecular flexibility index (Phi) is 20.0. The molecular formula is C34H60O16SSi2. The Balaban J connectivity index is 1.13. The molecule has 1 aromatic rings. The molecule has 10 N–H and O–H groups in total. The summed E-state index contributed by atoms with van der Waals surface area (Å²) in [5.74, 6) is 2.13. The van der Waals surface area contributed by atoms with E-state index in [9.17, 15) is 51.1 Å². The second kappa shape index (κ2) is 23.6. The van der Waals surface area contributed by atoms with E-state index in [4.69, 9.17) is 28.4 Å². The number of benzene rings is 1. The van der Waals surface area contributed by atoms with Crippen LogP contribution in [0.15, 0.2) is 30.3 Å². The summed E-state index contributed by atoms with van der Waals surface area (Å²) in [6.45, 7) is -1.94.